The first-order valence-electron chi connectivity index (χ1n) is 6.50. The van der Waals surface area contributed by atoms with E-state index in [1.807, 2.05) is 12.1 Å². The molecule has 0 aromatic heterocycles. The molecule has 0 amide bonds. The molecule has 0 spiro atoms. The number of aliphatic hydroxyl groups is 1. The van der Waals surface area contributed by atoms with E-state index in [2.05, 4.69) is 10.3 Å². The summed E-state index contributed by atoms with van der Waals surface area (Å²) in [6.45, 7) is 0. The highest BCUT2D eigenvalue weighted by atomic mass is 32.1. The molecule has 19 heavy (non-hydrogen) atoms. The molecule has 3 unspecified atom stereocenters. The Morgan fingerprint density at radius 2 is 2.11 bits per heavy atom. The number of benzene rings is 1. The fraction of sp³-hybridized carbons (Fsp3) is 0.429. The molecule has 5 heteroatoms. The Morgan fingerprint density at radius 3 is 2.89 bits per heavy atom. The maximum atomic E-state index is 10.3. The number of phenols is 1. The number of fused-ring (bicyclic) bond motifs is 1. The number of hydrogen-bond acceptors (Lipinski definition) is 3. The molecule has 1 aromatic rings. The van der Waals surface area contributed by atoms with E-state index in [0.717, 1.165) is 30.5 Å². The molecule has 1 fully saturated rings. The summed E-state index contributed by atoms with van der Waals surface area (Å²) in [5, 5.41) is 23.9. The maximum Gasteiger partial charge on any atom is 0.193 e. The standard InChI is InChI=1S/C14H16N2O2S/c17-10-6-2-1-4-8(10)13-12-9(15-14(19)16-13)5-3-7-11(12)18/h1-2,4,6,11-13,17-18H,3,5,7H2,(H,16,19). The van der Waals surface area contributed by atoms with E-state index < -0.39 is 6.10 Å². The number of hydrogen-bond donors (Lipinski definition) is 3. The van der Waals surface area contributed by atoms with Crippen LogP contribution in [0.3, 0.4) is 0 Å². The van der Waals surface area contributed by atoms with Crippen LogP contribution in [0.4, 0.5) is 0 Å². The van der Waals surface area contributed by atoms with E-state index in [-0.39, 0.29) is 17.7 Å². The van der Waals surface area contributed by atoms with E-state index in [1.165, 1.54) is 0 Å². The second-order valence-corrected chi connectivity index (χ2v) is 5.46. The Hall–Kier alpha value is -1.46. The van der Waals surface area contributed by atoms with Gasteiger partial charge in [-0.3, -0.25) is 0 Å². The lowest BCUT2D eigenvalue weighted by Gasteiger charge is -2.39. The Balaban J connectivity index is 2.03. The van der Waals surface area contributed by atoms with E-state index in [9.17, 15) is 10.2 Å². The average Bonchev–Trinajstić information content (AvgIpc) is 2.38. The first-order chi connectivity index (χ1) is 9.16. The quantitative estimate of drug-likeness (QED) is 0.686. The summed E-state index contributed by atoms with van der Waals surface area (Å²) < 4.78 is 0. The number of aromatic hydroxyl groups is 1. The van der Waals surface area contributed by atoms with Crippen LogP contribution in [-0.4, -0.2) is 27.1 Å². The van der Waals surface area contributed by atoms with Crippen LogP contribution in [0.1, 0.15) is 30.9 Å². The zero-order valence-corrected chi connectivity index (χ0v) is 11.2. The number of phenolic OH excluding ortho intramolecular Hbond substituents is 1. The normalized spacial score (nSPS) is 30.3. The summed E-state index contributed by atoms with van der Waals surface area (Å²) in [6, 6.07) is 6.98. The first kappa shape index (κ1) is 12.6. The minimum Gasteiger partial charge on any atom is -0.508 e. The van der Waals surface area contributed by atoms with Crippen molar-refractivity contribution < 1.29 is 10.2 Å². The maximum absolute atomic E-state index is 10.3. The van der Waals surface area contributed by atoms with E-state index in [4.69, 9.17) is 12.2 Å². The van der Waals surface area contributed by atoms with Gasteiger partial charge in [0.1, 0.15) is 5.75 Å². The van der Waals surface area contributed by atoms with Gasteiger partial charge in [0, 0.05) is 17.2 Å². The lowest BCUT2D eigenvalue weighted by atomic mass is 9.76. The molecular formula is C14H16N2O2S. The van der Waals surface area contributed by atoms with Gasteiger partial charge in [-0.15, -0.1) is 0 Å². The van der Waals surface area contributed by atoms with Crippen LogP contribution < -0.4 is 5.32 Å². The molecule has 2 aliphatic rings. The van der Waals surface area contributed by atoms with Gasteiger partial charge in [0.15, 0.2) is 5.11 Å². The summed E-state index contributed by atoms with van der Waals surface area (Å²) >= 11 is 5.17. The molecule has 1 aromatic carbocycles. The van der Waals surface area contributed by atoms with Crippen molar-refractivity contribution in [2.45, 2.75) is 31.4 Å². The number of aliphatic imine (C=N–C) groups is 1. The summed E-state index contributed by atoms with van der Waals surface area (Å²) in [7, 11) is 0. The van der Waals surface area contributed by atoms with Crippen LogP contribution >= 0.6 is 12.2 Å². The van der Waals surface area contributed by atoms with Gasteiger partial charge in [-0.1, -0.05) is 18.2 Å². The number of nitrogens with one attached hydrogen (secondary N) is 1. The van der Waals surface area contributed by atoms with Crippen molar-refractivity contribution in [1.29, 1.82) is 0 Å². The van der Waals surface area contributed by atoms with Gasteiger partial charge in [0.2, 0.25) is 0 Å². The molecule has 3 rings (SSSR count). The van der Waals surface area contributed by atoms with E-state index in [0.29, 0.717) is 5.11 Å². The van der Waals surface area contributed by atoms with Crippen LogP contribution in [0, 0.1) is 5.92 Å². The summed E-state index contributed by atoms with van der Waals surface area (Å²) in [5.41, 5.74) is 1.72. The zero-order valence-electron chi connectivity index (χ0n) is 10.4. The summed E-state index contributed by atoms with van der Waals surface area (Å²) in [6.07, 6.45) is 2.13. The van der Waals surface area contributed by atoms with Gasteiger partial charge in [0.05, 0.1) is 12.1 Å². The van der Waals surface area contributed by atoms with Crippen LogP contribution in [-0.2, 0) is 0 Å². The van der Waals surface area contributed by atoms with Gasteiger partial charge in [-0.2, -0.15) is 0 Å². The molecule has 0 radical (unpaired) electrons. The fourth-order valence-electron chi connectivity index (χ4n) is 3.01. The minimum atomic E-state index is -0.437. The van der Waals surface area contributed by atoms with Gasteiger partial charge in [0.25, 0.3) is 0 Å². The van der Waals surface area contributed by atoms with E-state index in [1.54, 1.807) is 12.1 Å². The van der Waals surface area contributed by atoms with Crippen molar-refractivity contribution in [3.8, 4) is 5.75 Å². The number of aliphatic hydroxyl groups excluding tert-OH is 1. The Kier molecular flexibility index (Phi) is 3.24. The van der Waals surface area contributed by atoms with Gasteiger partial charge in [-0.25, -0.2) is 4.99 Å². The van der Waals surface area contributed by atoms with Crippen molar-refractivity contribution in [3.63, 3.8) is 0 Å². The van der Waals surface area contributed by atoms with Crippen molar-refractivity contribution in [2.75, 3.05) is 0 Å². The van der Waals surface area contributed by atoms with Crippen molar-refractivity contribution in [1.82, 2.24) is 5.32 Å². The lowest BCUT2D eigenvalue weighted by Crippen LogP contribution is -2.47. The Morgan fingerprint density at radius 1 is 1.32 bits per heavy atom. The summed E-state index contributed by atoms with van der Waals surface area (Å²) in [5.74, 6) is 0.121. The SMILES string of the molecule is Oc1ccccc1C1NC(=S)N=C2CCCC(O)C21. The highest BCUT2D eigenvalue weighted by Crippen LogP contribution is 2.38. The van der Waals surface area contributed by atoms with Gasteiger partial charge in [-0.05, 0) is 37.5 Å². The predicted octanol–water partition coefficient (Wildman–Crippen LogP) is 1.92. The number of nitrogens with zero attached hydrogens (tertiary/aromatic N) is 1. The molecule has 3 atom stereocenters. The average molecular weight is 276 g/mol. The molecular weight excluding hydrogens is 260 g/mol. The largest absolute Gasteiger partial charge is 0.508 e. The van der Waals surface area contributed by atoms with Crippen molar-refractivity contribution >= 4 is 23.0 Å². The number of para-hydroxylation sites is 1. The summed E-state index contributed by atoms with van der Waals surface area (Å²) in [4.78, 5) is 4.36. The second-order valence-electron chi connectivity index (χ2n) is 5.07. The molecule has 1 aliphatic carbocycles. The predicted molar refractivity (Wildman–Crippen MR) is 77.4 cm³/mol. The lowest BCUT2D eigenvalue weighted by molar-refractivity contribution is 0.0996. The van der Waals surface area contributed by atoms with Crippen LogP contribution in [0.25, 0.3) is 0 Å². The van der Waals surface area contributed by atoms with Gasteiger partial charge < -0.3 is 15.5 Å². The third-order valence-electron chi connectivity index (χ3n) is 3.89. The van der Waals surface area contributed by atoms with Crippen LogP contribution in [0.2, 0.25) is 0 Å². The molecule has 3 N–H and O–H groups in total. The molecule has 1 heterocycles. The van der Waals surface area contributed by atoms with E-state index >= 15 is 0 Å². The fourth-order valence-corrected chi connectivity index (χ4v) is 3.26. The minimum absolute atomic E-state index is 0.103. The second kappa shape index (κ2) is 4.90. The molecule has 100 valence electrons. The molecule has 4 nitrogen and oxygen atoms in total. The zero-order chi connectivity index (χ0) is 13.4. The van der Waals surface area contributed by atoms with Crippen LogP contribution in [0.5, 0.6) is 5.75 Å². The number of rotatable bonds is 1. The van der Waals surface area contributed by atoms with Crippen LogP contribution in [0.15, 0.2) is 29.3 Å². The van der Waals surface area contributed by atoms with Gasteiger partial charge >= 0.3 is 0 Å². The third-order valence-corrected chi connectivity index (χ3v) is 4.10. The van der Waals surface area contributed by atoms with Crippen molar-refractivity contribution in [2.24, 2.45) is 10.9 Å². The highest BCUT2D eigenvalue weighted by Gasteiger charge is 2.40. The Bertz CT molecular complexity index is 544. The van der Waals surface area contributed by atoms with Crippen molar-refractivity contribution in [3.05, 3.63) is 29.8 Å². The Labute approximate surface area is 117 Å². The molecule has 1 saturated carbocycles. The number of thiocarbonyl (C=S) groups is 1. The molecule has 0 saturated heterocycles. The smallest absolute Gasteiger partial charge is 0.193 e. The molecule has 0 bridgehead atoms. The third kappa shape index (κ3) is 2.24. The first-order valence-corrected chi connectivity index (χ1v) is 6.91. The highest BCUT2D eigenvalue weighted by molar-refractivity contribution is 7.80. The topological polar surface area (TPSA) is 64.8 Å². The monoisotopic (exact) mass is 276 g/mol. The molecule has 1 aliphatic heterocycles.